The number of allylic oxidation sites excluding steroid dienone is 1. The zero-order valence-electron chi connectivity index (χ0n) is 4.72. The third-order valence-corrected chi connectivity index (χ3v) is 0.506. The second-order valence-electron chi connectivity index (χ2n) is 1.14. The Hall–Kier alpha value is -1.17. The summed E-state index contributed by atoms with van der Waals surface area (Å²) >= 11 is 0. The van der Waals surface area contributed by atoms with E-state index in [9.17, 15) is 0 Å². The Morgan fingerprint density at radius 1 is 2.00 bits per heavy atom. The molecule has 0 radical (unpaired) electrons. The topological polar surface area (TPSA) is 59.0 Å². The number of nitrogens with two attached hydrogens (primary N) is 1. The Balaban J connectivity index is 3.46. The first-order chi connectivity index (χ1) is 3.81. The lowest BCUT2D eigenvalue weighted by atomic mass is 10.6. The van der Waals surface area contributed by atoms with Gasteiger partial charge in [-0.3, -0.25) is 0 Å². The predicted octanol–water partition coefficient (Wildman–Crippen LogP) is 0.347. The zero-order valence-corrected chi connectivity index (χ0v) is 4.72. The lowest BCUT2D eigenvalue weighted by Gasteiger charge is -1.90. The molecule has 0 aliphatic carbocycles. The summed E-state index contributed by atoms with van der Waals surface area (Å²) in [5, 5.41) is 8.04. The minimum Gasteiger partial charge on any atom is -0.499 e. The van der Waals surface area contributed by atoms with E-state index in [0.717, 1.165) is 0 Å². The van der Waals surface area contributed by atoms with Crippen LogP contribution >= 0.6 is 0 Å². The molecule has 0 atom stereocenters. The molecule has 0 fully saturated rings. The number of hydrogen-bond donors (Lipinski definition) is 1. The van der Waals surface area contributed by atoms with Crippen LogP contribution < -0.4 is 5.73 Å². The van der Waals surface area contributed by atoms with Crippen molar-refractivity contribution in [2.24, 2.45) is 5.73 Å². The first kappa shape index (κ1) is 6.83. The van der Waals surface area contributed by atoms with Gasteiger partial charge < -0.3 is 10.5 Å². The van der Waals surface area contributed by atoms with E-state index in [4.69, 9.17) is 11.0 Å². The smallest absolute Gasteiger partial charge is 0.145 e. The molecule has 2 N–H and O–H groups in total. The molecule has 0 saturated carbocycles. The predicted molar refractivity (Wildman–Crippen MR) is 29.5 cm³/mol. The average Bonchev–Trinajstić information content (AvgIpc) is 1.83. The van der Waals surface area contributed by atoms with Crippen molar-refractivity contribution in [2.75, 3.05) is 6.61 Å². The van der Waals surface area contributed by atoms with Gasteiger partial charge in [0.2, 0.25) is 0 Å². The molecule has 0 aromatic carbocycles. The first-order valence-corrected chi connectivity index (χ1v) is 2.28. The number of ether oxygens (including phenoxy) is 1. The fraction of sp³-hybridized carbons (Fsp3) is 0.400. The Morgan fingerprint density at radius 3 is 3.00 bits per heavy atom. The third kappa shape index (κ3) is 3.04. The molecular weight excluding hydrogens is 104 g/mol. The summed E-state index contributed by atoms with van der Waals surface area (Å²) in [5.74, 6) is 0. The molecule has 0 bridgehead atoms. The molecule has 0 unspecified atom stereocenters. The molecule has 0 rings (SSSR count). The summed E-state index contributed by atoms with van der Waals surface area (Å²) in [5.41, 5.74) is 5.14. The molecule has 3 heteroatoms. The van der Waals surface area contributed by atoms with E-state index < -0.39 is 0 Å². The summed E-state index contributed by atoms with van der Waals surface area (Å²) < 4.78 is 4.68. The van der Waals surface area contributed by atoms with E-state index in [1.807, 2.05) is 6.92 Å². The van der Waals surface area contributed by atoms with E-state index in [-0.39, 0.29) is 5.70 Å². The van der Waals surface area contributed by atoms with Crippen LogP contribution in [0.4, 0.5) is 0 Å². The van der Waals surface area contributed by atoms with E-state index in [1.54, 1.807) is 6.07 Å². The van der Waals surface area contributed by atoms with Gasteiger partial charge in [0, 0.05) is 0 Å². The summed E-state index contributed by atoms with van der Waals surface area (Å²) in [4.78, 5) is 0. The van der Waals surface area contributed by atoms with E-state index in [2.05, 4.69) is 4.74 Å². The fourth-order valence-corrected chi connectivity index (χ4v) is 0.199. The molecule has 0 spiro atoms. The minimum atomic E-state index is 0.104. The highest BCUT2D eigenvalue weighted by molar-refractivity contribution is 5.12. The van der Waals surface area contributed by atoms with Gasteiger partial charge in [0.15, 0.2) is 0 Å². The van der Waals surface area contributed by atoms with Crippen LogP contribution in [0.3, 0.4) is 0 Å². The Labute approximate surface area is 48.4 Å². The van der Waals surface area contributed by atoms with Crippen molar-refractivity contribution in [3.05, 3.63) is 12.0 Å². The molecule has 0 aliphatic heterocycles. The van der Waals surface area contributed by atoms with E-state index >= 15 is 0 Å². The molecule has 44 valence electrons. The van der Waals surface area contributed by atoms with Gasteiger partial charge >= 0.3 is 0 Å². The second-order valence-corrected chi connectivity index (χ2v) is 1.14. The lowest BCUT2D eigenvalue weighted by Crippen LogP contribution is -1.93. The number of nitrogens with zero attached hydrogens (tertiary/aromatic N) is 1. The van der Waals surface area contributed by atoms with Crippen molar-refractivity contribution >= 4 is 0 Å². The molecule has 0 saturated heterocycles. The van der Waals surface area contributed by atoms with Crippen LogP contribution in [0.1, 0.15) is 6.92 Å². The van der Waals surface area contributed by atoms with Crippen LogP contribution in [-0.2, 0) is 4.74 Å². The van der Waals surface area contributed by atoms with Crippen LogP contribution in [0.5, 0.6) is 0 Å². The monoisotopic (exact) mass is 112 g/mol. The van der Waals surface area contributed by atoms with Crippen molar-refractivity contribution in [2.45, 2.75) is 6.92 Å². The summed E-state index contributed by atoms with van der Waals surface area (Å²) in [7, 11) is 0. The molecule has 3 nitrogen and oxygen atoms in total. The van der Waals surface area contributed by atoms with Crippen molar-refractivity contribution < 1.29 is 4.74 Å². The van der Waals surface area contributed by atoms with Crippen molar-refractivity contribution in [3.8, 4) is 6.07 Å². The standard InChI is InChI=1S/C5H8N2O/c1-2-8-4-5(7)3-6/h4H,2,7H2,1H3/b5-4+. The van der Waals surface area contributed by atoms with Gasteiger partial charge in [-0.2, -0.15) is 5.26 Å². The van der Waals surface area contributed by atoms with Gasteiger partial charge in [-0.1, -0.05) is 0 Å². The number of nitriles is 1. The normalized spacial score (nSPS) is 10.2. The van der Waals surface area contributed by atoms with Crippen LogP contribution in [-0.4, -0.2) is 6.61 Å². The Morgan fingerprint density at radius 2 is 2.62 bits per heavy atom. The highest BCUT2D eigenvalue weighted by Crippen LogP contribution is 1.80. The molecule has 0 heterocycles. The summed E-state index contributed by atoms with van der Waals surface area (Å²) in [6.45, 7) is 2.36. The van der Waals surface area contributed by atoms with Gasteiger partial charge in [0.05, 0.1) is 6.61 Å². The van der Waals surface area contributed by atoms with Gasteiger partial charge in [-0.15, -0.1) is 0 Å². The van der Waals surface area contributed by atoms with E-state index in [0.29, 0.717) is 6.61 Å². The van der Waals surface area contributed by atoms with Crippen LogP contribution in [0.25, 0.3) is 0 Å². The summed E-state index contributed by atoms with van der Waals surface area (Å²) in [6, 6.07) is 1.71. The van der Waals surface area contributed by atoms with Crippen molar-refractivity contribution in [1.29, 1.82) is 5.26 Å². The average molecular weight is 112 g/mol. The molecule has 0 aromatic heterocycles. The highest BCUT2D eigenvalue weighted by atomic mass is 16.5. The third-order valence-electron chi connectivity index (χ3n) is 0.506. The molecule has 8 heavy (non-hydrogen) atoms. The largest absolute Gasteiger partial charge is 0.499 e. The zero-order chi connectivity index (χ0) is 6.41. The fourth-order valence-electron chi connectivity index (χ4n) is 0.199. The maximum absolute atomic E-state index is 8.04. The first-order valence-electron chi connectivity index (χ1n) is 2.28. The second kappa shape index (κ2) is 4.00. The van der Waals surface area contributed by atoms with Gasteiger partial charge in [-0.05, 0) is 6.92 Å². The maximum atomic E-state index is 8.04. The number of rotatable bonds is 2. The van der Waals surface area contributed by atoms with Gasteiger partial charge in [-0.25, -0.2) is 0 Å². The quantitative estimate of drug-likeness (QED) is 0.414. The van der Waals surface area contributed by atoms with Crippen LogP contribution in [0, 0.1) is 11.3 Å². The van der Waals surface area contributed by atoms with Crippen LogP contribution in [0.2, 0.25) is 0 Å². The lowest BCUT2D eigenvalue weighted by molar-refractivity contribution is 0.267. The van der Waals surface area contributed by atoms with Crippen molar-refractivity contribution in [1.82, 2.24) is 0 Å². The van der Waals surface area contributed by atoms with Gasteiger partial charge in [0.25, 0.3) is 0 Å². The molecule has 0 aliphatic rings. The maximum Gasteiger partial charge on any atom is 0.145 e. The summed E-state index contributed by atoms with van der Waals surface area (Å²) in [6.07, 6.45) is 1.24. The molecule has 0 aromatic rings. The highest BCUT2D eigenvalue weighted by Gasteiger charge is 1.79. The molecule has 0 amide bonds. The van der Waals surface area contributed by atoms with Crippen LogP contribution in [0.15, 0.2) is 12.0 Å². The SMILES string of the molecule is CCO/C=C(/N)C#N. The Bertz CT molecular complexity index is 123. The minimum absolute atomic E-state index is 0.104. The van der Waals surface area contributed by atoms with Crippen molar-refractivity contribution in [3.63, 3.8) is 0 Å². The Kier molecular flexibility index (Phi) is 3.42. The molecular formula is C5H8N2O. The number of hydrogen-bond acceptors (Lipinski definition) is 3. The van der Waals surface area contributed by atoms with Gasteiger partial charge in [0.1, 0.15) is 18.0 Å². The van der Waals surface area contributed by atoms with E-state index in [1.165, 1.54) is 6.26 Å².